The molecule has 1 amide bonds. The van der Waals surface area contributed by atoms with Crippen LogP contribution in [0.2, 0.25) is 0 Å². The van der Waals surface area contributed by atoms with Crippen LogP contribution in [0.4, 0.5) is 0 Å². The number of ether oxygens (including phenoxy) is 2. The molecule has 1 aromatic rings. The Morgan fingerprint density at radius 1 is 1.28 bits per heavy atom. The summed E-state index contributed by atoms with van der Waals surface area (Å²) in [5.74, 6) is -0.0286. The topological polar surface area (TPSA) is 59.0 Å². The van der Waals surface area contributed by atoms with Crippen molar-refractivity contribution in [3.05, 3.63) is 29.8 Å². The number of carbonyl (C=O) groups is 1. The molecule has 18 heavy (non-hydrogen) atoms. The number of methoxy groups -OCH3 is 2. The smallest absolute Gasteiger partial charge is 0.254 e. The molecule has 5 heteroatoms. The van der Waals surface area contributed by atoms with Crippen LogP contribution in [0.1, 0.15) is 10.4 Å². The van der Waals surface area contributed by atoms with Crippen LogP contribution in [-0.2, 0) is 9.47 Å². The van der Waals surface area contributed by atoms with E-state index in [1.165, 1.54) is 12.1 Å². The number of hydrogen-bond donors (Lipinski definition) is 1. The first-order chi connectivity index (χ1) is 8.65. The van der Waals surface area contributed by atoms with Crippen LogP contribution in [0.25, 0.3) is 0 Å². The van der Waals surface area contributed by atoms with E-state index in [0.29, 0.717) is 18.7 Å². The van der Waals surface area contributed by atoms with Gasteiger partial charge < -0.3 is 19.5 Å². The molecule has 2 unspecified atom stereocenters. The van der Waals surface area contributed by atoms with Crippen LogP contribution in [0.5, 0.6) is 5.75 Å². The van der Waals surface area contributed by atoms with Crippen LogP contribution >= 0.6 is 0 Å². The summed E-state index contributed by atoms with van der Waals surface area (Å²) in [6.45, 7) is 1.01. The van der Waals surface area contributed by atoms with E-state index in [1.54, 1.807) is 31.3 Å². The standard InChI is InChI=1S/C13H17NO4/c1-17-11-7-14(8-12(11)18-2)13(16)9-4-3-5-10(15)6-9/h3-6,11-12,15H,7-8H2,1-2H3. The fourth-order valence-corrected chi connectivity index (χ4v) is 2.18. The molecule has 0 aromatic heterocycles. The molecule has 2 atom stereocenters. The minimum absolute atomic E-state index is 0.0895. The number of carbonyl (C=O) groups excluding carboxylic acids is 1. The first-order valence-corrected chi connectivity index (χ1v) is 5.79. The van der Waals surface area contributed by atoms with Gasteiger partial charge in [-0.2, -0.15) is 0 Å². The maximum atomic E-state index is 12.2. The summed E-state index contributed by atoms with van der Waals surface area (Å²) in [5.41, 5.74) is 0.474. The largest absolute Gasteiger partial charge is 0.508 e. The third-order valence-corrected chi connectivity index (χ3v) is 3.20. The lowest BCUT2D eigenvalue weighted by molar-refractivity contribution is -0.00461. The van der Waals surface area contributed by atoms with Crippen LogP contribution in [0, 0.1) is 0 Å². The van der Waals surface area contributed by atoms with Crippen molar-refractivity contribution in [2.45, 2.75) is 12.2 Å². The van der Waals surface area contributed by atoms with Gasteiger partial charge in [-0.3, -0.25) is 4.79 Å². The van der Waals surface area contributed by atoms with Crippen LogP contribution in [-0.4, -0.2) is 55.4 Å². The number of benzene rings is 1. The Bertz CT molecular complexity index is 423. The molecule has 0 saturated carbocycles. The molecule has 98 valence electrons. The number of phenolic OH excluding ortho intramolecular Hbond substituents is 1. The molecule has 0 bridgehead atoms. The molecule has 1 aromatic carbocycles. The highest BCUT2D eigenvalue weighted by atomic mass is 16.5. The van der Waals surface area contributed by atoms with E-state index >= 15 is 0 Å². The van der Waals surface area contributed by atoms with E-state index in [0.717, 1.165) is 0 Å². The molecule has 0 spiro atoms. The first-order valence-electron chi connectivity index (χ1n) is 5.79. The Morgan fingerprint density at radius 3 is 2.39 bits per heavy atom. The van der Waals surface area contributed by atoms with Gasteiger partial charge in [-0.15, -0.1) is 0 Å². The highest BCUT2D eigenvalue weighted by molar-refractivity contribution is 5.94. The lowest BCUT2D eigenvalue weighted by Gasteiger charge is -2.15. The van der Waals surface area contributed by atoms with Gasteiger partial charge in [0, 0.05) is 32.9 Å². The van der Waals surface area contributed by atoms with E-state index in [4.69, 9.17) is 9.47 Å². The van der Waals surface area contributed by atoms with Crippen molar-refractivity contribution >= 4 is 5.91 Å². The molecular formula is C13H17NO4. The third-order valence-electron chi connectivity index (χ3n) is 3.20. The minimum atomic E-state index is -0.118. The van der Waals surface area contributed by atoms with Crippen LogP contribution in [0.3, 0.4) is 0 Å². The molecule has 0 aliphatic carbocycles. The van der Waals surface area contributed by atoms with Crippen molar-refractivity contribution in [2.75, 3.05) is 27.3 Å². The number of amides is 1. The van der Waals surface area contributed by atoms with Gasteiger partial charge in [-0.05, 0) is 18.2 Å². The molecule has 1 N–H and O–H groups in total. The molecule has 1 fully saturated rings. The maximum Gasteiger partial charge on any atom is 0.254 e. The van der Waals surface area contributed by atoms with Gasteiger partial charge in [0.15, 0.2) is 0 Å². The van der Waals surface area contributed by atoms with Crippen molar-refractivity contribution in [3.8, 4) is 5.75 Å². The van der Waals surface area contributed by atoms with Gasteiger partial charge in [0.1, 0.15) is 18.0 Å². The summed E-state index contributed by atoms with van der Waals surface area (Å²) in [7, 11) is 3.22. The second-order valence-electron chi connectivity index (χ2n) is 4.31. The Kier molecular flexibility index (Phi) is 3.84. The predicted molar refractivity (Wildman–Crippen MR) is 65.6 cm³/mol. The number of phenols is 1. The van der Waals surface area contributed by atoms with E-state index in [2.05, 4.69) is 0 Å². The Morgan fingerprint density at radius 2 is 1.89 bits per heavy atom. The number of nitrogens with zero attached hydrogens (tertiary/aromatic N) is 1. The zero-order valence-corrected chi connectivity index (χ0v) is 10.5. The fraction of sp³-hybridized carbons (Fsp3) is 0.462. The molecular weight excluding hydrogens is 234 g/mol. The van der Waals surface area contributed by atoms with Crippen molar-refractivity contribution < 1.29 is 19.4 Å². The molecule has 1 saturated heterocycles. The summed E-state index contributed by atoms with van der Waals surface area (Å²) in [6.07, 6.45) is -0.201. The summed E-state index contributed by atoms with van der Waals surface area (Å²) in [6, 6.07) is 6.34. The van der Waals surface area contributed by atoms with Gasteiger partial charge >= 0.3 is 0 Å². The second-order valence-corrected chi connectivity index (χ2v) is 4.31. The highest BCUT2D eigenvalue weighted by Crippen LogP contribution is 2.20. The number of hydrogen-bond acceptors (Lipinski definition) is 4. The molecule has 5 nitrogen and oxygen atoms in total. The fourth-order valence-electron chi connectivity index (χ4n) is 2.18. The summed E-state index contributed by atoms with van der Waals surface area (Å²) >= 11 is 0. The SMILES string of the molecule is COC1CN(C(=O)c2cccc(O)c2)CC1OC. The number of likely N-dealkylation sites (tertiary alicyclic amines) is 1. The second kappa shape index (κ2) is 5.37. The van der Waals surface area contributed by atoms with Crippen molar-refractivity contribution in [3.63, 3.8) is 0 Å². The molecule has 2 rings (SSSR count). The zero-order chi connectivity index (χ0) is 13.1. The quantitative estimate of drug-likeness (QED) is 0.866. The lowest BCUT2D eigenvalue weighted by atomic mass is 10.2. The van der Waals surface area contributed by atoms with Gasteiger partial charge in [-0.1, -0.05) is 6.07 Å². The lowest BCUT2D eigenvalue weighted by Crippen LogP contribution is -2.29. The normalized spacial score (nSPS) is 23.3. The Labute approximate surface area is 106 Å². The average molecular weight is 251 g/mol. The van der Waals surface area contributed by atoms with Gasteiger partial charge in [0.2, 0.25) is 0 Å². The molecule has 0 radical (unpaired) electrons. The van der Waals surface area contributed by atoms with Gasteiger partial charge in [0.25, 0.3) is 5.91 Å². The monoisotopic (exact) mass is 251 g/mol. The van der Waals surface area contributed by atoms with Gasteiger partial charge in [0.05, 0.1) is 0 Å². The number of aromatic hydroxyl groups is 1. The highest BCUT2D eigenvalue weighted by Gasteiger charge is 2.35. The van der Waals surface area contributed by atoms with Crippen molar-refractivity contribution in [1.29, 1.82) is 0 Å². The Balaban J connectivity index is 2.11. The maximum absolute atomic E-state index is 12.2. The zero-order valence-electron chi connectivity index (χ0n) is 10.5. The van der Waals surface area contributed by atoms with Crippen molar-refractivity contribution in [1.82, 2.24) is 4.90 Å². The first kappa shape index (κ1) is 12.9. The average Bonchev–Trinajstić information content (AvgIpc) is 2.81. The van der Waals surface area contributed by atoms with E-state index < -0.39 is 0 Å². The van der Waals surface area contributed by atoms with Crippen LogP contribution in [0.15, 0.2) is 24.3 Å². The summed E-state index contributed by atoms with van der Waals surface area (Å²) in [5, 5.41) is 9.38. The predicted octanol–water partition coefficient (Wildman–Crippen LogP) is 0.878. The van der Waals surface area contributed by atoms with E-state index in [1.807, 2.05) is 0 Å². The molecule has 1 aliphatic rings. The van der Waals surface area contributed by atoms with Crippen molar-refractivity contribution in [2.24, 2.45) is 0 Å². The molecule has 1 heterocycles. The van der Waals surface area contributed by atoms with Gasteiger partial charge in [-0.25, -0.2) is 0 Å². The molecule has 1 aliphatic heterocycles. The van der Waals surface area contributed by atoms with E-state index in [-0.39, 0.29) is 23.9 Å². The van der Waals surface area contributed by atoms with Crippen LogP contribution < -0.4 is 0 Å². The van der Waals surface area contributed by atoms with E-state index in [9.17, 15) is 9.90 Å². The summed E-state index contributed by atoms with van der Waals surface area (Å²) < 4.78 is 10.6. The Hall–Kier alpha value is -1.59. The minimum Gasteiger partial charge on any atom is -0.508 e. The number of rotatable bonds is 3. The summed E-state index contributed by atoms with van der Waals surface area (Å²) in [4.78, 5) is 13.9. The third kappa shape index (κ3) is 2.47.